The van der Waals surface area contributed by atoms with Crippen LogP contribution in [0.3, 0.4) is 0 Å². The number of amides is 4. The highest BCUT2D eigenvalue weighted by atomic mass is 32.1. The standard InChI is InChI=1S/C58H78N12O11S/c1-37-45-32-62-57(66-53(45)70(42-9-7-8-10-42)55(76)50(37)39(3)71)64-47-16-15-43(31-60-47)68-20-18-67(19-21-68)34-48(73)59-17-22-78-23-24-79-25-26-80-27-28-81-35-49(74)65-52(58(4,5)6)56(77)69-33-44(72)29-46(69)54(75)61-30-40-11-13-41(14-12-40)51-38(2)63-36-82-51/h11-16,31-32,36,42,44,46,52,72H,7-10,17-30,33-35H2,1-6H3,(H,59,73)(H,61,75)(H,65,74)(H,60,62,64,66)/t44-,46+,52-/m1/s1. The molecule has 0 bridgehead atoms. The van der Waals surface area contributed by atoms with Crippen LogP contribution in [0.25, 0.3) is 21.5 Å². The highest BCUT2D eigenvalue weighted by Gasteiger charge is 2.44. The largest absolute Gasteiger partial charge is 0.391 e. The lowest BCUT2D eigenvalue weighted by Crippen LogP contribution is -2.58. The molecule has 1 saturated carbocycles. The van der Waals surface area contributed by atoms with Crippen molar-refractivity contribution in [2.45, 2.75) is 104 Å². The Bertz CT molecular complexity index is 3050. The first-order valence-electron chi connectivity index (χ1n) is 28.2. The van der Waals surface area contributed by atoms with Crippen LogP contribution < -0.4 is 31.7 Å². The number of ether oxygens (including phenoxy) is 4. The maximum absolute atomic E-state index is 14.0. The molecular weight excluding hydrogens is 1070 g/mol. The van der Waals surface area contributed by atoms with E-state index in [0.29, 0.717) is 81.0 Å². The van der Waals surface area contributed by atoms with Crippen LogP contribution >= 0.6 is 11.3 Å². The summed E-state index contributed by atoms with van der Waals surface area (Å²) in [6.45, 7) is 16.1. The molecule has 5 aromatic rings. The number of anilines is 3. The quantitative estimate of drug-likeness (QED) is 0.0366. The molecule has 82 heavy (non-hydrogen) atoms. The van der Waals surface area contributed by atoms with Gasteiger partial charge in [0.15, 0.2) is 5.78 Å². The first-order valence-corrected chi connectivity index (χ1v) is 29.1. The van der Waals surface area contributed by atoms with Gasteiger partial charge in [-0.3, -0.25) is 38.2 Å². The molecule has 1 aliphatic carbocycles. The van der Waals surface area contributed by atoms with E-state index in [1.54, 1.807) is 35.2 Å². The van der Waals surface area contributed by atoms with Gasteiger partial charge in [0.05, 0.1) is 92.4 Å². The van der Waals surface area contributed by atoms with Gasteiger partial charge in [0, 0.05) is 69.9 Å². The van der Waals surface area contributed by atoms with Crippen molar-refractivity contribution in [3.8, 4) is 10.4 Å². The number of ketones is 1. The molecule has 4 aromatic heterocycles. The molecule has 1 aromatic carbocycles. The van der Waals surface area contributed by atoms with E-state index < -0.39 is 35.4 Å². The van der Waals surface area contributed by atoms with Gasteiger partial charge in [0.25, 0.3) is 5.56 Å². The van der Waals surface area contributed by atoms with Crippen LogP contribution in [0.5, 0.6) is 0 Å². The van der Waals surface area contributed by atoms with Gasteiger partial charge in [-0.2, -0.15) is 4.98 Å². The molecule has 6 heterocycles. The number of aromatic nitrogens is 5. The molecule has 0 spiro atoms. The average molecular weight is 1150 g/mol. The van der Waals surface area contributed by atoms with Gasteiger partial charge in [-0.05, 0) is 67.9 Å². The molecule has 5 N–H and O–H groups in total. The smallest absolute Gasteiger partial charge is 0.263 e. The third-order valence-electron chi connectivity index (χ3n) is 15.0. The number of hydrogen-bond donors (Lipinski definition) is 5. The Balaban J connectivity index is 0.639. The number of carbonyl (C=O) groups excluding carboxylic acids is 5. The summed E-state index contributed by atoms with van der Waals surface area (Å²) in [7, 11) is 0. The number of nitrogens with one attached hydrogen (secondary N) is 4. The zero-order valence-corrected chi connectivity index (χ0v) is 48.7. The van der Waals surface area contributed by atoms with Gasteiger partial charge < -0.3 is 55.1 Å². The van der Waals surface area contributed by atoms with Crippen LogP contribution in [0.4, 0.5) is 17.5 Å². The first kappa shape index (κ1) is 61.3. The fraction of sp³-hybridized carbons (Fsp3) is 0.552. The molecule has 3 atom stereocenters. The number of aliphatic hydroxyl groups is 1. The van der Waals surface area contributed by atoms with Gasteiger partial charge in [-0.15, -0.1) is 11.3 Å². The molecule has 0 unspecified atom stereocenters. The number of β-amino-alcohol motifs (C(OH)–C–C–N with tert-alkyl or cyclic N) is 1. The lowest BCUT2D eigenvalue weighted by atomic mass is 9.85. The molecule has 4 amide bonds. The summed E-state index contributed by atoms with van der Waals surface area (Å²) in [6, 6.07) is 9.80. The summed E-state index contributed by atoms with van der Waals surface area (Å²) in [6.07, 6.45) is 6.43. The number of thiazole rings is 1. The van der Waals surface area contributed by atoms with E-state index in [9.17, 15) is 33.9 Å². The third kappa shape index (κ3) is 16.3. The van der Waals surface area contributed by atoms with Crippen molar-refractivity contribution in [1.29, 1.82) is 0 Å². The predicted molar refractivity (Wildman–Crippen MR) is 310 cm³/mol. The van der Waals surface area contributed by atoms with E-state index in [1.165, 1.54) is 11.8 Å². The summed E-state index contributed by atoms with van der Waals surface area (Å²) in [5.74, 6) is -0.804. The highest BCUT2D eigenvalue weighted by Crippen LogP contribution is 2.33. The van der Waals surface area contributed by atoms with E-state index in [1.807, 2.05) is 69.6 Å². The van der Waals surface area contributed by atoms with Crippen LogP contribution in [-0.2, 0) is 44.7 Å². The van der Waals surface area contributed by atoms with Crippen molar-refractivity contribution >= 4 is 69.2 Å². The molecular formula is C58H78N12O11S. The number of hydrogen-bond acceptors (Lipinski definition) is 19. The van der Waals surface area contributed by atoms with E-state index in [2.05, 4.69) is 46.0 Å². The molecule has 0 radical (unpaired) electrons. The number of Topliss-reactive ketones (excluding diaryl/α,β-unsaturated/α-hetero) is 1. The molecule has 8 rings (SSSR count). The molecule has 24 heteroatoms. The Hall–Kier alpha value is -6.80. The minimum absolute atomic E-state index is 0.0143. The monoisotopic (exact) mass is 1150 g/mol. The second-order valence-corrected chi connectivity index (χ2v) is 22.9. The second kappa shape index (κ2) is 28.9. The van der Waals surface area contributed by atoms with Gasteiger partial charge in [-0.1, -0.05) is 57.9 Å². The summed E-state index contributed by atoms with van der Waals surface area (Å²) >= 11 is 1.57. The Kier molecular flexibility index (Phi) is 21.6. The van der Waals surface area contributed by atoms with Gasteiger partial charge in [-0.25, -0.2) is 15.0 Å². The van der Waals surface area contributed by atoms with Gasteiger partial charge in [0.2, 0.25) is 29.6 Å². The zero-order valence-electron chi connectivity index (χ0n) is 47.9. The van der Waals surface area contributed by atoms with Gasteiger partial charge >= 0.3 is 0 Å². The normalized spacial score (nSPS) is 17.3. The Morgan fingerprint density at radius 3 is 2.13 bits per heavy atom. The van der Waals surface area contributed by atoms with Crippen molar-refractivity contribution in [3.63, 3.8) is 0 Å². The number of pyridine rings is 2. The van der Waals surface area contributed by atoms with Crippen LogP contribution in [-0.4, -0.2) is 186 Å². The summed E-state index contributed by atoms with van der Waals surface area (Å²) in [5.41, 5.74) is 5.95. The van der Waals surface area contributed by atoms with Crippen molar-refractivity contribution in [2.75, 3.05) is 109 Å². The fourth-order valence-corrected chi connectivity index (χ4v) is 11.4. The van der Waals surface area contributed by atoms with E-state index in [-0.39, 0.29) is 80.6 Å². The lowest BCUT2D eigenvalue weighted by molar-refractivity contribution is -0.144. The molecule has 2 saturated heterocycles. The number of nitrogens with zero attached hydrogens (tertiary/aromatic N) is 8. The van der Waals surface area contributed by atoms with Crippen molar-refractivity contribution in [3.05, 3.63) is 87.0 Å². The van der Waals surface area contributed by atoms with Crippen LogP contribution in [0, 0.1) is 19.3 Å². The summed E-state index contributed by atoms with van der Waals surface area (Å²) < 4.78 is 24.0. The average Bonchev–Trinajstić information content (AvgIpc) is 4.31. The number of fused-ring (bicyclic) bond motifs is 1. The minimum Gasteiger partial charge on any atom is -0.391 e. The fourth-order valence-electron chi connectivity index (χ4n) is 10.6. The third-order valence-corrected chi connectivity index (χ3v) is 15.9. The van der Waals surface area contributed by atoms with Crippen LogP contribution in [0.2, 0.25) is 0 Å². The second-order valence-electron chi connectivity index (χ2n) is 22.1. The Morgan fingerprint density at radius 2 is 1.50 bits per heavy atom. The minimum atomic E-state index is -0.979. The topological polar surface area (TPSA) is 274 Å². The summed E-state index contributed by atoms with van der Waals surface area (Å²) in [5, 5.41) is 23.1. The number of piperazine rings is 1. The number of rotatable bonds is 27. The number of carbonyl (C=O) groups is 5. The number of aliphatic hydroxyl groups excluding tert-OH is 1. The van der Waals surface area contributed by atoms with Crippen molar-refractivity contribution < 1.29 is 48.0 Å². The maximum atomic E-state index is 14.0. The SMILES string of the molecule is CC(=O)c1c(C)c2cnc(Nc3ccc(N4CCN(CC(=O)NCCOCCOCCOCCOCC(=O)N[C@H](C(=O)N5C[C@H](O)C[C@H]5C(=O)NCc5ccc(-c6scnc6C)cc5)C(C)(C)C)CC4)cn3)nc2n(C2CCCC2)c1=O. The van der Waals surface area contributed by atoms with Crippen LogP contribution in [0.15, 0.2) is 59.1 Å². The van der Waals surface area contributed by atoms with E-state index in [4.69, 9.17) is 23.9 Å². The first-order chi connectivity index (χ1) is 39.4. The number of benzene rings is 1. The molecule has 23 nitrogen and oxygen atoms in total. The molecule has 3 aliphatic rings. The van der Waals surface area contributed by atoms with Crippen molar-refractivity contribution in [2.24, 2.45) is 5.41 Å². The predicted octanol–water partition coefficient (Wildman–Crippen LogP) is 4.10. The zero-order chi connectivity index (χ0) is 58.3. The summed E-state index contributed by atoms with van der Waals surface area (Å²) in [4.78, 5) is 104. The maximum Gasteiger partial charge on any atom is 0.263 e. The van der Waals surface area contributed by atoms with Gasteiger partial charge in [0.1, 0.15) is 30.2 Å². The van der Waals surface area contributed by atoms with E-state index >= 15 is 0 Å². The Morgan fingerprint density at radius 1 is 0.817 bits per heavy atom. The number of likely N-dealkylation sites (tertiary alicyclic amines) is 1. The Labute approximate surface area is 481 Å². The van der Waals surface area contributed by atoms with Crippen LogP contribution in [0.1, 0.15) is 93.0 Å². The lowest BCUT2D eigenvalue weighted by Gasteiger charge is -2.35. The number of aryl methyl sites for hydroxylation is 2. The molecule has 442 valence electrons. The van der Waals surface area contributed by atoms with E-state index in [0.717, 1.165) is 66.2 Å². The highest BCUT2D eigenvalue weighted by molar-refractivity contribution is 7.13. The molecule has 3 fully saturated rings. The van der Waals surface area contributed by atoms with Crippen molar-refractivity contribution in [1.82, 2.24) is 50.3 Å². The molecule has 2 aliphatic heterocycles.